The van der Waals surface area contributed by atoms with Crippen molar-refractivity contribution in [2.75, 3.05) is 13.2 Å². The van der Waals surface area contributed by atoms with Crippen molar-refractivity contribution in [3.8, 4) is 17.2 Å². The number of rotatable bonds is 9. The SMILES string of the molecule is CCOc1ccc(N=C2NC(=O)/C(=C\c3cc(OCC)c(OCc4ccc(Cl)cc4Cl)cc3Br)S2)cc1. The van der Waals surface area contributed by atoms with Crippen LogP contribution in [-0.2, 0) is 11.4 Å². The second-order valence-corrected chi connectivity index (χ2v) is 10.4. The molecular weight excluding hydrogens is 599 g/mol. The number of hydrogen-bond acceptors (Lipinski definition) is 6. The van der Waals surface area contributed by atoms with Crippen LogP contribution in [0.25, 0.3) is 6.08 Å². The summed E-state index contributed by atoms with van der Waals surface area (Å²) in [5.74, 6) is 1.64. The van der Waals surface area contributed by atoms with Gasteiger partial charge in [-0.05, 0) is 85.8 Å². The van der Waals surface area contributed by atoms with Crippen molar-refractivity contribution in [2.24, 2.45) is 4.99 Å². The summed E-state index contributed by atoms with van der Waals surface area (Å²) in [7, 11) is 0. The molecule has 0 saturated carbocycles. The third-order valence-corrected chi connectivity index (χ3v) is 7.26. The second-order valence-electron chi connectivity index (χ2n) is 7.69. The number of amides is 1. The van der Waals surface area contributed by atoms with Crippen LogP contribution in [0.1, 0.15) is 25.0 Å². The number of hydrogen-bond donors (Lipinski definition) is 1. The summed E-state index contributed by atoms with van der Waals surface area (Å²) in [5.41, 5.74) is 2.28. The monoisotopic (exact) mass is 620 g/mol. The number of carbonyl (C=O) groups is 1. The van der Waals surface area contributed by atoms with Gasteiger partial charge in [-0.15, -0.1) is 0 Å². The molecule has 4 rings (SSSR count). The fourth-order valence-electron chi connectivity index (χ4n) is 3.36. The van der Waals surface area contributed by atoms with Crippen LogP contribution in [0.5, 0.6) is 17.2 Å². The molecule has 0 radical (unpaired) electrons. The number of ether oxygens (including phenoxy) is 3. The highest BCUT2D eigenvalue weighted by atomic mass is 79.9. The molecular formula is C27H23BrCl2N2O4S. The Morgan fingerprint density at radius 2 is 1.70 bits per heavy atom. The number of amidine groups is 1. The zero-order valence-electron chi connectivity index (χ0n) is 20.0. The van der Waals surface area contributed by atoms with Crippen LogP contribution >= 0.6 is 50.9 Å². The molecule has 3 aromatic carbocycles. The minimum absolute atomic E-state index is 0.225. The van der Waals surface area contributed by atoms with E-state index in [0.717, 1.165) is 27.0 Å². The molecule has 3 aromatic rings. The molecule has 1 heterocycles. The fourth-order valence-corrected chi connectivity index (χ4v) is 5.09. The number of halogens is 3. The molecule has 0 bridgehead atoms. The van der Waals surface area contributed by atoms with Crippen LogP contribution in [0.2, 0.25) is 10.0 Å². The first kappa shape index (κ1) is 27.4. The predicted molar refractivity (Wildman–Crippen MR) is 155 cm³/mol. The van der Waals surface area contributed by atoms with Crippen molar-refractivity contribution in [1.82, 2.24) is 5.32 Å². The van der Waals surface area contributed by atoms with E-state index < -0.39 is 0 Å². The molecule has 0 aromatic heterocycles. The molecule has 1 aliphatic rings. The van der Waals surface area contributed by atoms with E-state index in [0.29, 0.717) is 44.8 Å². The molecule has 1 N–H and O–H groups in total. The maximum absolute atomic E-state index is 12.6. The summed E-state index contributed by atoms with van der Waals surface area (Å²) >= 11 is 17.1. The van der Waals surface area contributed by atoms with E-state index in [1.165, 1.54) is 11.8 Å². The van der Waals surface area contributed by atoms with Gasteiger partial charge in [0.2, 0.25) is 0 Å². The lowest BCUT2D eigenvalue weighted by atomic mass is 10.1. The number of thioether (sulfide) groups is 1. The van der Waals surface area contributed by atoms with Crippen LogP contribution in [0.4, 0.5) is 5.69 Å². The molecule has 0 spiro atoms. The smallest absolute Gasteiger partial charge is 0.264 e. The maximum atomic E-state index is 12.6. The summed E-state index contributed by atoms with van der Waals surface area (Å²) in [6.07, 6.45) is 1.78. The van der Waals surface area contributed by atoms with Gasteiger partial charge in [0.15, 0.2) is 16.7 Å². The Morgan fingerprint density at radius 3 is 2.41 bits per heavy atom. The van der Waals surface area contributed by atoms with E-state index in [-0.39, 0.29) is 12.5 Å². The Labute approximate surface area is 238 Å². The van der Waals surface area contributed by atoms with Crippen LogP contribution in [0, 0.1) is 0 Å². The molecule has 1 fully saturated rings. The molecule has 0 aliphatic carbocycles. The minimum Gasteiger partial charge on any atom is -0.494 e. The van der Waals surface area contributed by atoms with Crippen LogP contribution in [0.15, 0.2) is 69.0 Å². The lowest BCUT2D eigenvalue weighted by Crippen LogP contribution is -2.19. The van der Waals surface area contributed by atoms with Crippen molar-refractivity contribution in [3.05, 3.63) is 85.1 Å². The minimum atomic E-state index is -0.225. The summed E-state index contributed by atoms with van der Waals surface area (Å²) in [5, 5.41) is 4.40. The lowest BCUT2D eigenvalue weighted by Gasteiger charge is -2.15. The Hall–Kier alpha value is -2.65. The molecule has 1 saturated heterocycles. The quantitative estimate of drug-likeness (QED) is 0.245. The van der Waals surface area contributed by atoms with E-state index in [2.05, 4.69) is 26.2 Å². The fraction of sp³-hybridized carbons (Fsp3) is 0.185. The van der Waals surface area contributed by atoms with Gasteiger partial charge in [0.05, 0.1) is 23.8 Å². The van der Waals surface area contributed by atoms with Crippen molar-refractivity contribution in [1.29, 1.82) is 0 Å². The summed E-state index contributed by atoms with van der Waals surface area (Å²) in [6, 6.07) is 16.3. The molecule has 10 heteroatoms. The number of aliphatic imine (C=N–C) groups is 1. The normalized spacial score (nSPS) is 15.2. The van der Waals surface area contributed by atoms with Gasteiger partial charge in [-0.1, -0.05) is 45.2 Å². The van der Waals surface area contributed by atoms with Crippen molar-refractivity contribution in [3.63, 3.8) is 0 Å². The van der Waals surface area contributed by atoms with E-state index >= 15 is 0 Å². The summed E-state index contributed by atoms with van der Waals surface area (Å²) < 4.78 is 18.0. The first-order valence-corrected chi connectivity index (χ1v) is 13.8. The average Bonchev–Trinajstić information content (AvgIpc) is 3.20. The van der Waals surface area contributed by atoms with E-state index in [1.54, 1.807) is 18.2 Å². The van der Waals surface area contributed by atoms with E-state index in [9.17, 15) is 4.79 Å². The number of carbonyl (C=O) groups excluding carboxylic acids is 1. The van der Waals surface area contributed by atoms with Gasteiger partial charge >= 0.3 is 0 Å². The van der Waals surface area contributed by atoms with Crippen LogP contribution < -0.4 is 19.5 Å². The first-order chi connectivity index (χ1) is 17.9. The van der Waals surface area contributed by atoms with E-state index in [1.807, 2.05) is 56.3 Å². The largest absolute Gasteiger partial charge is 0.494 e. The topological polar surface area (TPSA) is 69.2 Å². The van der Waals surface area contributed by atoms with Gasteiger partial charge in [-0.25, -0.2) is 4.99 Å². The third kappa shape index (κ3) is 7.23. The molecule has 192 valence electrons. The van der Waals surface area contributed by atoms with Gasteiger partial charge in [-0.3, -0.25) is 4.79 Å². The highest BCUT2D eigenvalue weighted by Gasteiger charge is 2.24. The molecule has 37 heavy (non-hydrogen) atoms. The van der Waals surface area contributed by atoms with Gasteiger partial charge in [0.1, 0.15) is 12.4 Å². The maximum Gasteiger partial charge on any atom is 0.264 e. The van der Waals surface area contributed by atoms with Crippen LogP contribution in [-0.4, -0.2) is 24.3 Å². The van der Waals surface area contributed by atoms with Gasteiger partial charge in [-0.2, -0.15) is 0 Å². The number of benzene rings is 3. The number of nitrogens with zero attached hydrogens (tertiary/aromatic N) is 1. The molecule has 0 unspecified atom stereocenters. The van der Waals surface area contributed by atoms with Crippen LogP contribution in [0.3, 0.4) is 0 Å². The van der Waals surface area contributed by atoms with Gasteiger partial charge < -0.3 is 19.5 Å². The Balaban J connectivity index is 1.53. The third-order valence-electron chi connectivity index (χ3n) is 5.08. The van der Waals surface area contributed by atoms with Gasteiger partial charge in [0.25, 0.3) is 5.91 Å². The zero-order valence-corrected chi connectivity index (χ0v) is 23.9. The van der Waals surface area contributed by atoms with E-state index in [4.69, 9.17) is 37.4 Å². The average molecular weight is 622 g/mol. The first-order valence-electron chi connectivity index (χ1n) is 11.4. The predicted octanol–water partition coefficient (Wildman–Crippen LogP) is 8.02. The Bertz CT molecular complexity index is 1360. The highest BCUT2D eigenvalue weighted by Crippen LogP contribution is 2.38. The summed E-state index contributed by atoms with van der Waals surface area (Å²) in [4.78, 5) is 17.7. The lowest BCUT2D eigenvalue weighted by molar-refractivity contribution is -0.115. The molecule has 0 atom stereocenters. The van der Waals surface area contributed by atoms with Crippen molar-refractivity contribution in [2.45, 2.75) is 20.5 Å². The Morgan fingerprint density at radius 1 is 0.973 bits per heavy atom. The molecule has 1 amide bonds. The molecule has 1 aliphatic heterocycles. The summed E-state index contributed by atoms with van der Waals surface area (Å²) in [6.45, 7) is 5.11. The van der Waals surface area contributed by atoms with Gasteiger partial charge in [0, 0.05) is 20.1 Å². The molecule has 6 nitrogen and oxygen atoms in total. The zero-order chi connectivity index (χ0) is 26.4. The highest BCUT2D eigenvalue weighted by molar-refractivity contribution is 9.10. The Kier molecular flexibility index (Phi) is 9.43. The van der Waals surface area contributed by atoms with Crippen molar-refractivity contribution >= 4 is 73.7 Å². The van der Waals surface area contributed by atoms with Crippen molar-refractivity contribution < 1.29 is 19.0 Å². The second kappa shape index (κ2) is 12.7. The number of nitrogens with one attached hydrogen (secondary N) is 1. The standard InChI is InChI=1S/C27H23BrCl2N2O4S/c1-3-34-20-9-7-19(8-10-20)31-27-32-26(33)25(37-27)12-17-11-23(35-4-2)24(14-21(17)28)36-15-16-5-6-18(29)13-22(16)30/h5-14H,3-4,15H2,1-2H3,(H,31,32,33)/b25-12+.